The Balaban J connectivity index is 2.26. The van der Waals surface area contributed by atoms with Crippen LogP contribution in [0.15, 0.2) is 23.4 Å². The van der Waals surface area contributed by atoms with E-state index >= 15 is 0 Å². The molecule has 86 valence electrons. The molecule has 5 heteroatoms. The van der Waals surface area contributed by atoms with Gasteiger partial charge in [-0.15, -0.1) is 0 Å². The number of nitrogens with two attached hydrogens (primary N) is 1. The molecule has 1 heterocycles. The Labute approximate surface area is 93.8 Å². The number of aliphatic hydroxyl groups excluding tert-OH is 1. The van der Waals surface area contributed by atoms with Gasteiger partial charge in [0.15, 0.2) is 5.84 Å². The predicted octanol–water partition coefficient (Wildman–Crippen LogP) is 0.288. The van der Waals surface area contributed by atoms with Gasteiger partial charge in [0.2, 0.25) is 0 Å². The zero-order valence-corrected chi connectivity index (χ0v) is 8.93. The Bertz CT molecular complexity index is 418. The molecular weight excluding hydrogens is 206 g/mol. The predicted molar refractivity (Wildman–Crippen MR) is 61.7 cm³/mol. The zero-order valence-electron chi connectivity index (χ0n) is 8.93. The maximum Gasteiger partial charge on any atom is 0.158 e. The average molecular weight is 221 g/mol. The number of fused-ring (bicyclic) bond motifs is 1. The molecule has 0 unspecified atom stereocenters. The molecule has 1 aromatic rings. The largest absolute Gasteiger partial charge is 0.409 e. The molecule has 0 fully saturated rings. The van der Waals surface area contributed by atoms with E-state index in [0.717, 1.165) is 29.8 Å². The van der Waals surface area contributed by atoms with Crippen LogP contribution in [-0.2, 0) is 13.0 Å². The summed E-state index contributed by atoms with van der Waals surface area (Å²) in [6.45, 7) is 1.31. The highest BCUT2D eigenvalue weighted by Crippen LogP contribution is 2.30. The molecule has 0 aromatic heterocycles. The number of aliphatic hydroxyl groups is 1. The van der Waals surface area contributed by atoms with Gasteiger partial charge in [0.25, 0.3) is 0 Å². The van der Waals surface area contributed by atoms with Crippen LogP contribution in [0.1, 0.15) is 11.1 Å². The minimum atomic E-state index is 0.0561. The summed E-state index contributed by atoms with van der Waals surface area (Å²) in [5, 5.41) is 20.7. The summed E-state index contributed by atoms with van der Waals surface area (Å²) in [5.41, 5.74) is 8.68. The fourth-order valence-corrected chi connectivity index (χ4v) is 2.11. The lowest BCUT2D eigenvalue weighted by Gasteiger charge is -2.18. The second-order valence-corrected chi connectivity index (χ2v) is 3.84. The lowest BCUT2D eigenvalue weighted by molar-refractivity contribution is 0.281. The lowest BCUT2D eigenvalue weighted by Crippen LogP contribution is -2.32. The van der Waals surface area contributed by atoms with Crippen LogP contribution in [0.4, 0.5) is 5.69 Å². The van der Waals surface area contributed by atoms with E-state index in [1.54, 1.807) is 0 Å². The molecule has 5 nitrogen and oxygen atoms in total. The molecule has 0 aliphatic carbocycles. The first-order chi connectivity index (χ1) is 7.76. The van der Waals surface area contributed by atoms with Crippen LogP contribution in [-0.4, -0.2) is 29.2 Å². The van der Waals surface area contributed by atoms with E-state index < -0.39 is 0 Å². The third-order valence-corrected chi connectivity index (χ3v) is 2.87. The fraction of sp³-hybridized carbons (Fsp3) is 0.364. The Morgan fingerprint density at radius 1 is 1.50 bits per heavy atom. The second-order valence-electron chi connectivity index (χ2n) is 3.84. The monoisotopic (exact) mass is 221 g/mol. The molecule has 0 bridgehead atoms. The first-order valence-corrected chi connectivity index (χ1v) is 5.19. The van der Waals surface area contributed by atoms with E-state index in [1.165, 1.54) is 0 Å². The van der Waals surface area contributed by atoms with Crippen molar-refractivity contribution in [1.82, 2.24) is 0 Å². The van der Waals surface area contributed by atoms with Gasteiger partial charge in [-0.2, -0.15) is 0 Å². The van der Waals surface area contributed by atoms with Crippen molar-refractivity contribution in [3.8, 4) is 0 Å². The zero-order chi connectivity index (χ0) is 11.5. The smallest absolute Gasteiger partial charge is 0.158 e. The average Bonchev–Trinajstić information content (AvgIpc) is 2.72. The molecule has 0 amide bonds. The van der Waals surface area contributed by atoms with E-state index in [2.05, 4.69) is 5.16 Å². The molecule has 1 aliphatic rings. The molecule has 1 aliphatic heterocycles. The van der Waals surface area contributed by atoms with Crippen LogP contribution in [0, 0.1) is 0 Å². The Kier molecular flexibility index (Phi) is 2.96. The van der Waals surface area contributed by atoms with Crippen molar-refractivity contribution in [3.05, 3.63) is 29.3 Å². The van der Waals surface area contributed by atoms with Crippen molar-refractivity contribution in [3.63, 3.8) is 0 Å². The first kappa shape index (κ1) is 10.8. The third kappa shape index (κ3) is 1.81. The number of hydrogen-bond acceptors (Lipinski definition) is 4. The molecule has 0 radical (unpaired) electrons. The molecular formula is C11H15N3O2. The van der Waals surface area contributed by atoms with Crippen LogP contribution in [0.2, 0.25) is 0 Å². The summed E-state index contributed by atoms with van der Waals surface area (Å²) in [6.07, 6.45) is 0.894. The molecule has 2 rings (SSSR count). The van der Waals surface area contributed by atoms with Gasteiger partial charge in [-0.1, -0.05) is 17.3 Å². The lowest BCUT2D eigenvalue weighted by atomic mass is 10.1. The SMILES string of the molecule is NC(CN1CCc2c(CO)cccc21)=NO. The highest BCUT2D eigenvalue weighted by atomic mass is 16.4. The number of amidine groups is 1. The summed E-state index contributed by atoms with van der Waals surface area (Å²) >= 11 is 0. The summed E-state index contributed by atoms with van der Waals surface area (Å²) in [7, 11) is 0. The molecule has 0 saturated carbocycles. The van der Waals surface area contributed by atoms with Gasteiger partial charge in [0.05, 0.1) is 13.2 Å². The summed E-state index contributed by atoms with van der Waals surface area (Å²) < 4.78 is 0. The minimum Gasteiger partial charge on any atom is -0.409 e. The van der Waals surface area contributed by atoms with Crippen LogP contribution >= 0.6 is 0 Å². The van der Waals surface area contributed by atoms with Crippen molar-refractivity contribution in [2.75, 3.05) is 18.0 Å². The Morgan fingerprint density at radius 3 is 3.00 bits per heavy atom. The van der Waals surface area contributed by atoms with Crippen LogP contribution in [0.5, 0.6) is 0 Å². The number of hydrogen-bond donors (Lipinski definition) is 3. The standard InChI is InChI=1S/C11H15N3O2/c12-11(13-16)6-14-5-4-9-8(7-15)2-1-3-10(9)14/h1-3,15-16H,4-7H2,(H2,12,13). The Morgan fingerprint density at radius 2 is 2.31 bits per heavy atom. The minimum absolute atomic E-state index is 0.0561. The summed E-state index contributed by atoms with van der Waals surface area (Å²) in [6, 6.07) is 5.83. The van der Waals surface area contributed by atoms with E-state index in [4.69, 9.17) is 10.9 Å². The number of benzene rings is 1. The highest BCUT2D eigenvalue weighted by Gasteiger charge is 2.21. The van der Waals surface area contributed by atoms with Gasteiger partial charge in [0, 0.05) is 12.2 Å². The van der Waals surface area contributed by atoms with Crippen molar-refractivity contribution >= 4 is 11.5 Å². The highest BCUT2D eigenvalue weighted by molar-refractivity contribution is 5.85. The molecule has 0 spiro atoms. The molecule has 4 N–H and O–H groups in total. The van der Waals surface area contributed by atoms with Gasteiger partial charge in [-0.3, -0.25) is 0 Å². The van der Waals surface area contributed by atoms with Gasteiger partial charge >= 0.3 is 0 Å². The van der Waals surface area contributed by atoms with Crippen molar-refractivity contribution in [2.45, 2.75) is 13.0 Å². The number of rotatable bonds is 3. The topological polar surface area (TPSA) is 82.1 Å². The Hall–Kier alpha value is -1.75. The fourth-order valence-electron chi connectivity index (χ4n) is 2.11. The van der Waals surface area contributed by atoms with Crippen LogP contribution in [0.25, 0.3) is 0 Å². The third-order valence-electron chi connectivity index (χ3n) is 2.87. The molecule has 1 aromatic carbocycles. The second kappa shape index (κ2) is 4.40. The summed E-state index contributed by atoms with van der Waals surface area (Å²) in [5.74, 6) is 0.197. The van der Waals surface area contributed by atoms with Crippen molar-refractivity contribution < 1.29 is 10.3 Å². The van der Waals surface area contributed by atoms with Crippen molar-refractivity contribution in [2.24, 2.45) is 10.9 Å². The maximum absolute atomic E-state index is 9.21. The van der Waals surface area contributed by atoms with E-state index in [1.807, 2.05) is 23.1 Å². The van der Waals surface area contributed by atoms with Crippen LogP contribution in [0.3, 0.4) is 0 Å². The molecule has 0 saturated heterocycles. The normalized spacial score (nSPS) is 15.3. The van der Waals surface area contributed by atoms with E-state index in [-0.39, 0.29) is 12.4 Å². The van der Waals surface area contributed by atoms with Crippen LogP contribution < -0.4 is 10.6 Å². The summed E-state index contributed by atoms with van der Waals surface area (Å²) in [4.78, 5) is 2.05. The van der Waals surface area contributed by atoms with E-state index in [0.29, 0.717) is 6.54 Å². The maximum atomic E-state index is 9.21. The number of nitrogens with zero attached hydrogens (tertiary/aromatic N) is 2. The van der Waals surface area contributed by atoms with Gasteiger partial charge in [-0.05, 0) is 23.6 Å². The number of anilines is 1. The van der Waals surface area contributed by atoms with E-state index in [9.17, 15) is 5.11 Å². The molecule has 0 atom stereocenters. The van der Waals surface area contributed by atoms with Gasteiger partial charge < -0.3 is 20.9 Å². The quantitative estimate of drug-likeness (QED) is 0.296. The number of oxime groups is 1. The molecule has 16 heavy (non-hydrogen) atoms. The van der Waals surface area contributed by atoms with Gasteiger partial charge in [-0.25, -0.2) is 0 Å². The first-order valence-electron chi connectivity index (χ1n) is 5.19. The van der Waals surface area contributed by atoms with Gasteiger partial charge in [0.1, 0.15) is 0 Å². The van der Waals surface area contributed by atoms with Crippen molar-refractivity contribution in [1.29, 1.82) is 0 Å².